The molecule has 2 N–H and O–H groups in total. The molecule has 3 heterocycles. The number of nitrogens with one attached hydrogen (secondary N) is 1. The second kappa shape index (κ2) is 10.1. The third-order valence-corrected chi connectivity index (χ3v) is 8.71. The summed E-state index contributed by atoms with van der Waals surface area (Å²) in [6, 6.07) is 2.92. The van der Waals surface area contributed by atoms with E-state index in [0.717, 1.165) is 12.1 Å². The molecule has 0 saturated carbocycles. The third kappa shape index (κ3) is 5.15. The smallest absolute Gasteiger partial charge is 0.296 e. The number of hydrogen-bond donors (Lipinski definition) is 2. The molecule has 0 aliphatic carbocycles. The number of fused-ring (bicyclic) bond motifs is 1. The summed E-state index contributed by atoms with van der Waals surface area (Å²) in [4.78, 5) is 42.5. The Bertz CT molecular complexity index is 1460. The lowest BCUT2D eigenvalue weighted by Gasteiger charge is -2.32. The molecule has 206 valence electrons. The first-order valence-electron chi connectivity index (χ1n) is 12.0. The molecule has 1 unspecified atom stereocenters. The molecular weight excluding hydrogens is 521 g/mol. The van der Waals surface area contributed by atoms with E-state index in [-0.39, 0.29) is 61.0 Å². The molecule has 14 heteroatoms. The zero-order chi connectivity index (χ0) is 28.0. The van der Waals surface area contributed by atoms with E-state index >= 15 is 0 Å². The van der Waals surface area contributed by atoms with Gasteiger partial charge >= 0.3 is 0 Å². The lowest BCUT2D eigenvalue weighted by atomic mass is 10.1. The summed E-state index contributed by atoms with van der Waals surface area (Å²) >= 11 is 0. The Morgan fingerprint density at radius 3 is 2.68 bits per heavy atom. The Labute approximate surface area is 219 Å². The van der Waals surface area contributed by atoms with Gasteiger partial charge in [-0.15, -0.1) is 0 Å². The molecule has 2 aromatic rings. The zero-order valence-electron chi connectivity index (χ0n) is 21.5. The van der Waals surface area contributed by atoms with Gasteiger partial charge in [0.1, 0.15) is 17.2 Å². The van der Waals surface area contributed by atoms with E-state index in [2.05, 4.69) is 10.3 Å². The first kappa shape index (κ1) is 27.7. The van der Waals surface area contributed by atoms with Crippen molar-refractivity contribution in [3.8, 4) is 5.75 Å². The number of ether oxygens (including phenoxy) is 1. The fourth-order valence-electron chi connectivity index (χ4n) is 4.62. The molecule has 0 bridgehead atoms. The van der Waals surface area contributed by atoms with Crippen LogP contribution < -0.4 is 10.9 Å². The molecule has 1 fully saturated rings. The Morgan fingerprint density at radius 2 is 2.00 bits per heavy atom. The van der Waals surface area contributed by atoms with E-state index in [1.54, 1.807) is 20.9 Å². The molecule has 2 aliphatic heterocycles. The Morgan fingerprint density at radius 1 is 1.29 bits per heavy atom. The van der Waals surface area contributed by atoms with Crippen molar-refractivity contribution in [3.05, 3.63) is 51.5 Å². The predicted octanol–water partition coefficient (Wildman–Crippen LogP) is 0.525. The topological polar surface area (TPSA) is 151 Å². The van der Waals surface area contributed by atoms with Crippen molar-refractivity contribution < 1.29 is 32.2 Å². The van der Waals surface area contributed by atoms with Crippen molar-refractivity contribution >= 4 is 21.8 Å². The maximum atomic E-state index is 14.4. The number of aromatic nitrogens is 2. The second-order valence-electron chi connectivity index (χ2n) is 9.86. The molecule has 4 rings (SSSR count). The highest BCUT2D eigenvalue weighted by Gasteiger charge is 2.36. The molecule has 2 aliphatic rings. The number of benzene rings is 1. The summed E-state index contributed by atoms with van der Waals surface area (Å²) < 4.78 is 48.9. The van der Waals surface area contributed by atoms with Crippen molar-refractivity contribution in [1.29, 1.82) is 0 Å². The number of carbonyl (C=O) groups is 2. The van der Waals surface area contributed by atoms with Crippen LogP contribution in [0.4, 0.5) is 4.39 Å². The first-order chi connectivity index (χ1) is 17.7. The Hall–Kier alpha value is -3.36. The van der Waals surface area contributed by atoms with Crippen LogP contribution in [-0.4, -0.2) is 76.9 Å². The van der Waals surface area contributed by atoms with Crippen molar-refractivity contribution in [2.45, 2.75) is 56.8 Å². The minimum Gasteiger partial charge on any atom is -0.501 e. The molecule has 38 heavy (non-hydrogen) atoms. The fourth-order valence-corrected chi connectivity index (χ4v) is 6.19. The minimum absolute atomic E-state index is 0.0832. The van der Waals surface area contributed by atoms with Gasteiger partial charge in [-0.05, 0) is 44.0 Å². The van der Waals surface area contributed by atoms with Gasteiger partial charge in [-0.25, -0.2) is 17.8 Å². The number of rotatable bonds is 6. The van der Waals surface area contributed by atoms with Gasteiger partial charge in [-0.2, -0.15) is 4.31 Å². The Kier molecular flexibility index (Phi) is 7.34. The monoisotopic (exact) mass is 551 g/mol. The van der Waals surface area contributed by atoms with Crippen LogP contribution in [0.3, 0.4) is 0 Å². The number of aromatic hydroxyl groups is 1. The van der Waals surface area contributed by atoms with E-state index < -0.39 is 44.4 Å². The van der Waals surface area contributed by atoms with Gasteiger partial charge in [0.05, 0.1) is 18.0 Å². The van der Waals surface area contributed by atoms with E-state index in [1.807, 2.05) is 0 Å². The molecule has 1 saturated heterocycles. The van der Waals surface area contributed by atoms with Crippen LogP contribution in [0.15, 0.2) is 27.9 Å². The van der Waals surface area contributed by atoms with E-state index in [9.17, 15) is 32.3 Å². The van der Waals surface area contributed by atoms with Crippen LogP contribution in [0.25, 0.3) is 0 Å². The highest BCUT2D eigenvalue weighted by molar-refractivity contribution is 7.89. The first-order valence-corrected chi connectivity index (χ1v) is 13.5. The van der Waals surface area contributed by atoms with Crippen LogP contribution in [0, 0.1) is 5.82 Å². The number of halogens is 1. The maximum Gasteiger partial charge on any atom is 0.296 e. The van der Waals surface area contributed by atoms with E-state index in [0.29, 0.717) is 6.42 Å². The van der Waals surface area contributed by atoms with Gasteiger partial charge in [-0.3, -0.25) is 19.0 Å². The van der Waals surface area contributed by atoms with Crippen molar-refractivity contribution in [3.63, 3.8) is 0 Å². The van der Waals surface area contributed by atoms with Crippen LogP contribution in [-0.2, 0) is 38.2 Å². The van der Waals surface area contributed by atoms with Gasteiger partial charge in [0.2, 0.25) is 21.7 Å². The number of sulfonamides is 1. The maximum absolute atomic E-state index is 14.4. The van der Waals surface area contributed by atoms with Crippen LogP contribution in [0.1, 0.15) is 49.1 Å². The molecule has 12 nitrogen and oxygen atoms in total. The van der Waals surface area contributed by atoms with Gasteiger partial charge < -0.3 is 20.1 Å². The van der Waals surface area contributed by atoms with Gasteiger partial charge in [0.25, 0.3) is 11.5 Å². The molecule has 0 radical (unpaired) electrons. The summed E-state index contributed by atoms with van der Waals surface area (Å²) in [5, 5.41) is 12.8. The standard InChI is InChI=1S/C24H30FN5O7S/c1-14(31)28(4)17-5-6-29(13-17)38(35,36)18-10-15(9-16(25)11-18)12-26-21(33)19-20(32)22(34)30-7-8-37-24(2,3)23(30)27-19/h9-11,17,32H,5-8,12-13H2,1-4H3,(H,26,33). The Balaban J connectivity index is 1.54. The lowest BCUT2D eigenvalue weighted by Crippen LogP contribution is -2.42. The average Bonchev–Trinajstić information content (AvgIpc) is 3.35. The fraction of sp³-hybridized carbons (Fsp3) is 0.500. The second-order valence-corrected chi connectivity index (χ2v) is 11.8. The molecule has 1 aromatic carbocycles. The number of likely N-dealkylation sites (N-methyl/N-ethyl adjacent to an activating group) is 1. The SMILES string of the molecule is CC(=O)N(C)C1CCN(S(=O)(=O)c2cc(F)cc(CNC(=O)c3nc4n(c(=O)c3O)CCOC4(C)C)c2)C1. The van der Waals surface area contributed by atoms with Gasteiger partial charge in [-0.1, -0.05) is 0 Å². The number of nitrogens with zero attached hydrogens (tertiary/aromatic N) is 4. The summed E-state index contributed by atoms with van der Waals surface area (Å²) in [5.74, 6) is -2.55. The predicted molar refractivity (Wildman–Crippen MR) is 132 cm³/mol. The van der Waals surface area contributed by atoms with Crippen molar-refractivity contribution in [2.24, 2.45) is 0 Å². The summed E-state index contributed by atoms with van der Waals surface area (Å²) in [6.07, 6.45) is 0.451. The van der Waals surface area contributed by atoms with E-state index in [4.69, 9.17) is 4.74 Å². The van der Waals surface area contributed by atoms with Crippen LogP contribution in [0.5, 0.6) is 5.75 Å². The third-order valence-electron chi connectivity index (χ3n) is 6.87. The summed E-state index contributed by atoms with van der Waals surface area (Å²) in [5.41, 5.74) is -2.12. The molecule has 2 amide bonds. The van der Waals surface area contributed by atoms with Crippen molar-refractivity contribution in [2.75, 3.05) is 26.7 Å². The number of carbonyl (C=O) groups excluding carboxylic acids is 2. The van der Waals surface area contributed by atoms with Crippen molar-refractivity contribution in [1.82, 2.24) is 24.1 Å². The summed E-state index contributed by atoms with van der Waals surface area (Å²) in [7, 11) is -2.47. The molecule has 0 spiro atoms. The van der Waals surface area contributed by atoms with Gasteiger partial charge in [0, 0.05) is 39.6 Å². The van der Waals surface area contributed by atoms with Crippen LogP contribution >= 0.6 is 0 Å². The van der Waals surface area contributed by atoms with Crippen LogP contribution in [0.2, 0.25) is 0 Å². The van der Waals surface area contributed by atoms with E-state index in [1.165, 1.54) is 26.8 Å². The largest absolute Gasteiger partial charge is 0.501 e. The average molecular weight is 552 g/mol. The zero-order valence-corrected chi connectivity index (χ0v) is 22.3. The lowest BCUT2D eigenvalue weighted by molar-refractivity contribution is -0.129. The normalized spacial score (nSPS) is 19.1. The molecule has 1 atom stereocenters. The van der Waals surface area contributed by atoms with Gasteiger partial charge in [0.15, 0.2) is 5.69 Å². The molecular formula is C24H30FN5O7S. The quantitative estimate of drug-likeness (QED) is 0.528. The molecule has 1 aromatic heterocycles. The minimum atomic E-state index is -4.07. The number of amides is 2. The summed E-state index contributed by atoms with van der Waals surface area (Å²) in [6.45, 7) is 5.12. The highest BCUT2D eigenvalue weighted by Crippen LogP contribution is 2.28. The highest BCUT2D eigenvalue weighted by atomic mass is 32.2. The number of hydrogen-bond acceptors (Lipinski definition) is 8.